The lowest BCUT2D eigenvalue weighted by molar-refractivity contribution is 0.129. The topological polar surface area (TPSA) is 73.8 Å². The third-order valence-electron chi connectivity index (χ3n) is 8.49. The largest absolute Gasteiger partial charge is 0.497 e. The van der Waals surface area contributed by atoms with Gasteiger partial charge in [-0.25, -0.2) is 0 Å². The summed E-state index contributed by atoms with van der Waals surface area (Å²) in [5.41, 5.74) is -10.2. The Morgan fingerprint density at radius 3 is 0.732 bits per heavy atom. The van der Waals surface area contributed by atoms with Gasteiger partial charge in [0.25, 0.3) is 0 Å². The van der Waals surface area contributed by atoms with Crippen molar-refractivity contribution >= 4 is 112 Å². The van der Waals surface area contributed by atoms with Crippen molar-refractivity contribution in [3.05, 3.63) is 97.1 Å². The first-order valence-electron chi connectivity index (χ1n) is 17.4. The predicted octanol–water partition coefficient (Wildman–Crippen LogP) is 10.2. The minimum absolute atomic E-state index is 0.173. The fourth-order valence-electron chi connectivity index (χ4n) is 5.05. The van der Waals surface area contributed by atoms with Crippen molar-refractivity contribution in [2.75, 3.05) is 54.9 Å². The van der Waals surface area contributed by atoms with E-state index in [1.807, 2.05) is 97.1 Å². The standard InChI is InChI=1S/2C19H24O4P2S3/c2*1-19(2)13-22-24(26,17-9-5-15(20-3)6-10-17)28-25(27,23-14-19)18-11-7-16(21-4)8-12-18/h2*5-12H,13-14H2,1-4H3/t2*24-,25-/m10/s1. The minimum Gasteiger partial charge on any atom is -0.497 e. The van der Waals surface area contributed by atoms with Crippen LogP contribution < -0.4 is 40.2 Å². The minimum atomic E-state index is -2.47. The zero-order valence-electron chi connectivity index (χ0n) is 32.6. The molecule has 56 heavy (non-hydrogen) atoms. The molecule has 0 N–H and O–H groups in total. The molecule has 18 heteroatoms. The highest BCUT2D eigenvalue weighted by Crippen LogP contribution is 2.80. The Hall–Kier alpha value is -0.780. The van der Waals surface area contributed by atoms with Crippen LogP contribution in [0.25, 0.3) is 0 Å². The maximum Gasteiger partial charge on any atom is 0.155 e. The van der Waals surface area contributed by atoms with Crippen LogP contribution in [-0.4, -0.2) is 54.9 Å². The molecule has 2 aliphatic rings. The van der Waals surface area contributed by atoms with E-state index < -0.39 is 21.9 Å². The fraction of sp³-hybridized carbons (Fsp3) is 0.368. The van der Waals surface area contributed by atoms with Gasteiger partial charge in [-0.1, -0.05) is 74.9 Å². The summed E-state index contributed by atoms with van der Waals surface area (Å²) < 4.78 is 46.8. The van der Waals surface area contributed by atoms with E-state index in [9.17, 15) is 0 Å². The first-order valence-corrected chi connectivity index (χ1v) is 32.3. The lowest BCUT2D eigenvalue weighted by Gasteiger charge is -2.37. The molecule has 0 aliphatic carbocycles. The summed E-state index contributed by atoms with van der Waals surface area (Å²) >= 11 is 27.5. The molecule has 4 aromatic rings. The summed E-state index contributed by atoms with van der Waals surface area (Å²) in [6.45, 7) is 10.6. The van der Waals surface area contributed by atoms with E-state index in [4.69, 9.17) is 84.3 Å². The van der Waals surface area contributed by atoms with Gasteiger partial charge in [0.15, 0.2) is 21.9 Å². The Morgan fingerprint density at radius 1 is 0.393 bits per heavy atom. The maximum atomic E-state index is 6.41. The second-order valence-electron chi connectivity index (χ2n) is 14.4. The monoisotopic (exact) mass is 948 g/mol. The molecule has 2 heterocycles. The second-order valence-corrected chi connectivity index (χ2v) is 40.8. The molecule has 2 saturated heterocycles. The number of hydrogen-bond acceptors (Lipinski definition) is 14. The SMILES string of the molecule is COc1ccc([P@@]2(=S)OCC(C)(C)CO[P@](=S)(c3ccc(OC)cc3)S2)cc1.COc1ccc([P@]2(=S)OCC(C)(C)CO[P@@](=S)(c3ccc(OC)cc3)S2)cc1. The Bertz CT molecular complexity index is 1830. The summed E-state index contributed by atoms with van der Waals surface area (Å²) in [5.74, 6) is 3.14. The normalized spacial score (nSPS) is 27.4. The number of ether oxygens (including phenoxy) is 4. The van der Waals surface area contributed by atoms with Crippen LogP contribution in [0.2, 0.25) is 0 Å². The lowest BCUT2D eigenvalue weighted by Crippen LogP contribution is -2.27. The molecule has 0 radical (unpaired) electrons. The third kappa shape index (κ3) is 11.7. The van der Waals surface area contributed by atoms with Crippen molar-refractivity contribution < 1.29 is 37.0 Å². The summed E-state index contributed by atoms with van der Waals surface area (Å²) in [6, 6.07) is 31.1. The van der Waals surface area contributed by atoms with Gasteiger partial charge in [0, 0.05) is 32.0 Å². The highest BCUT2D eigenvalue weighted by molar-refractivity contribution is 9.00. The van der Waals surface area contributed by atoms with Gasteiger partial charge in [-0.15, -0.1) is 0 Å². The molecule has 0 aromatic heterocycles. The van der Waals surface area contributed by atoms with Gasteiger partial charge < -0.3 is 37.0 Å². The molecule has 4 aromatic carbocycles. The number of rotatable bonds is 8. The van der Waals surface area contributed by atoms with E-state index in [1.54, 1.807) is 28.4 Å². The molecule has 0 spiro atoms. The van der Waals surface area contributed by atoms with Gasteiger partial charge in [0.05, 0.1) is 54.9 Å². The Kier molecular flexibility index (Phi) is 15.9. The van der Waals surface area contributed by atoms with E-state index in [-0.39, 0.29) is 10.8 Å². The smallest absolute Gasteiger partial charge is 0.155 e. The average molecular weight is 949 g/mol. The molecule has 4 atom stereocenters. The molecule has 0 saturated carbocycles. The van der Waals surface area contributed by atoms with Crippen molar-refractivity contribution in [3.8, 4) is 23.0 Å². The van der Waals surface area contributed by atoms with E-state index in [0.717, 1.165) is 44.2 Å². The van der Waals surface area contributed by atoms with Crippen LogP contribution in [0.5, 0.6) is 23.0 Å². The predicted molar refractivity (Wildman–Crippen MR) is 254 cm³/mol. The third-order valence-corrected chi connectivity index (χ3v) is 40.1. The van der Waals surface area contributed by atoms with Gasteiger partial charge in [0.2, 0.25) is 0 Å². The molecule has 0 amide bonds. The zero-order chi connectivity index (χ0) is 40.8. The first kappa shape index (κ1) is 46.3. The molecule has 304 valence electrons. The quantitative estimate of drug-likeness (QED) is 0.157. The molecular formula is C38H48O8P4S6. The Morgan fingerprint density at radius 2 is 0.571 bits per heavy atom. The average Bonchev–Trinajstić information content (AvgIpc) is 3.21. The summed E-state index contributed by atoms with van der Waals surface area (Å²) in [5, 5.41) is 3.88. The molecule has 0 unspecified atom stereocenters. The van der Waals surface area contributed by atoms with Gasteiger partial charge >= 0.3 is 0 Å². The summed E-state index contributed by atoms with van der Waals surface area (Å²) in [6.07, 6.45) is 0. The van der Waals surface area contributed by atoms with Crippen molar-refractivity contribution in [2.24, 2.45) is 10.8 Å². The highest BCUT2D eigenvalue weighted by Gasteiger charge is 2.40. The van der Waals surface area contributed by atoms with Crippen LogP contribution in [-0.2, 0) is 65.3 Å². The van der Waals surface area contributed by atoms with Gasteiger partial charge in [-0.3, -0.25) is 0 Å². The summed E-state index contributed by atoms with van der Waals surface area (Å²) in [7, 11) is 6.59. The van der Waals surface area contributed by atoms with Gasteiger partial charge in [0.1, 0.15) is 23.0 Å². The lowest BCUT2D eigenvalue weighted by atomic mass is 9.97. The fourth-order valence-corrected chi connectivity index (χ4v) is 41.1. The molecule has 6 rings (SSSR count). The van der Waals surface area contributed by atoms with Gasteiger partial charge in [-0.2, -0.15) is 0 Å². The van der Waals surface area contributed by atoms with E-state index in [2.05, 4.69) is 27.7 Å². The number of benzene rings is 4. The maximum absolute atomic E-state index is 6.41. The van der Waals surface area contributed by atoms with Crippen LogP contribution in [0.3, 0.4) is 0 Å². The number of hydrogen-bond donors (Lipinski definition) is 0. The van der Waals surface area contributed by atoms with Crippen LogP contribution >= 0.6 is 43.9 Å². The van der Waals surface area contributed by atoms with E-state index in [0.29, 0.717) is 26.4 Å². The van der Waals surface area contributed by atoms with Crippen LogP contribution in [0.1, 0.15) is 27.7 Å². The van der Waals surface area contributed by atoms with Gasteiger partial charge in [-0.05, 0) is 119 Å². The van der Waals surface area contributed by atoms with E-state index >= 15 is 0 Å². The first-order chi connectivity index (χ1) is 26.4. The Labute approximate surface area is 360 Å². The molecular weight excluding hydrogens is 901 g/mol. The van der Waals surface area contributed by atoms with Crippen LogP contribution in [0.4, 0.5) is 0 Å². The molecule has 2 fully saturated rings. The summed E-state index contributed by atoms with van der Waals surface area (Å²) in [4.78, 5) is 0. The van der Waals surface area contributed by atoms with Crippen molar-refractivity contribution in [3.63, 3.8) is 0 Å². The van der Waals surface area contributed by atoms with Crippen molar-refractivity contribution in [2.45, 2.75) is 27.7 Å². The Balaban J connectivity index is 0.000000214. The highest BCUT2D eigenvalue weighted by atomic mass is 33.2. The zero-order valence-corrected chi connectivity index (χ0v) is 41.0. The van der Waals surface area contributed by atoms with Crippen molar-refractivity contribution in [1.29, 1.82) is 0 Å². The van der Waals surface area contributed by atoms with E-state index in [1.165, 1.54) is 22.0 Å². The second kappa shape index (κ2) is 19.3. The number of methoxy groups -OCH3 is 4. The molecule has 8 nitrogen and oxygen atoms in total. The van der Waals surface area contributed by atoms with Crippen molar-refractivity contribution in [1.82, 2.24) is 0 Å². The molecule has 2 aliphatic heterocycles. The molecule has 0 bridgehead atoms. The van der Waals surface area contributed by atoms with Crippen LogP contribution in [0, 0.1) is 10.8 Å². The van der Waals surface area contributed by atoms with Crippen LogP contribution in [0.15, 0.2) is 97.1 Å².